The Hall–Kier alpha value is -3.85. The first-order valence-electron chi connectivity index (χ1n) is 42.4. The van der Waals surface area contributed by atoms with Crippen molar-refractivity contribution in [2.24, 2.45) is 34.5 Å². The number of rotatable bonds is 17. The maximum Gasteiger partial charge on any atom is 1.00 e. The molecule has 0 radical (unpaired) electrons. The summed E-state index contributed by atoms with van der Waals surface area (Å²) in [5, 5.41) is 46.0. The van der Waals surface area contributed by atoms with Crippen molar-refractivity contribution in [2.75, 3.05) is 59.2 Å². The molecule has 4 unspecified atom stereocenters. The van der Waals surface area contributed by atoms with Crippen molar-refractivity contribution >= 4 is 115 Å². The van der Waals surface area contributed by atoms with Gasteiger partial charge in [-0.3, -0.25) is 14.9 Å². The van der Waals surface area contributed by atoms with E-state index in [1.165, 1.54) is 136 Å². The Balaban J connectivity index is 0.000000250. The number of carbonyl (C=O) groups is 2. The minimum Gasteiger partial charge on any atom is -0.691 e. The van der Waals surface area contributed by atoms with Crippen molar-refractivity contribution in [3.05, 3.63) is 262 Å². The Kier molecular flexibility index (Phi) is 56.0. The number of aryl methyl sites for hydroxylation is 1. The van der Waals surface area contributed by atoms with Gasteiger partial charge in [-0.2, -0.15) is 29.2 Å². The molecule has 0 aromatic heterocycles. The van der Waals surface area contributed by atoms with E-state index in [-0.39, 0.29) is 106 Å². The van der Waals surface area contributed by atoms with Crippen LogP contribution in [0, 0.1) is 55.0 Å². The molecule has 29 heteroatoms. The van der Waals surface area contributed by atoms with Crippen LogP contribution in [0.25, 0.3) is 0 Å². The molecule has 12 aliphatic rings. The molecule has 686 valence electrons. The second-order valence-corrected chi connectivity index (χ2v) is 45.8. The quantitative estimate of drug-likeness (QED) is 0.00994. The Morgan fingerprint density at radius 2 is 0.746 bits per heavy atom. The molecule has 8 aliphatic carbocycles. The standard InChI is InChI=1S/C14H20F2O3.C13H17F2O3.C12H10I.3C11H15S.C7H8.2C6H6O3S.C5H10S.CH4.HI.Na.O3S/c1-12(15,16)11(17)19-8-13-3-9-2-10(4-13)6-14(18,5-9)7-13;14-10(15)11(16)18-7-12-2-8-1-9(3-12)5-13(17,4-8)6-12;1-3-7-11(8-4-1)13-12-9-5-2-6-10-12;3*1-3-7-11(8-4-1)12-9-5-2-6-10-12;1-7-5-3-2-4-6-7;2*7-8-9-10-6-4-2-1-3-5-6;1-2-4-6-5-3-1;;;;1-4(2)3/h9-10,18H,2-8H2,1H3;8-9,17H,1-7H2;1-10H;3*1,3-4,7-8H,2,5-6,9-10H2;2-6H,1H3;2*1-5,7H;1-5H2;1H4;1H;;/q;-1;4*+1;;;;;;;+1;/p-2. The number of aliphatic hydroxyl groups is 2. The van der Waals surface area contributed by atoms with E-state index >= 15 is 0 Å². The molecule has 8 aromatic rings. The van der Waals surface area contributed by atoms with Gasteiger partial charge in [0.1, 0.15) is 34.5 Å². The van der Waals surface area contributed by atoms with Crippen molar-refractivity contribution < 1.29 is 139 Å². The summed E-state index contributed by atoms with van der Waals surface area (Å²) in [5.74, 6) is 6.91. The molecule has 8 saturated carbocycles. The molecule has 20 rings (SSSR count). The van der Waals surface area contributed by atoms with Gasteiger partial charge in [0, 0.05) is 66.7 Å². The van der Waals surface area contributed by atoms with Gasteiger partial charge in [0.05, 0.1) is 48.5 Å². The van der Waals surface area contributed by atoms with Crippen molar-refractivity contribution in [1.82, 2.24) is 0 Å². The van der Waals surface area contributed by atoms with Gasteiger partial charge in [-0.25, -0.2) is 4.79 Å². The van der Waals surface area contributed by atoms with Crippen LogP contribution >= 0.6 is 59.8 Å². The number of carbonyl (C=O) groups excluding carboxylic acids is 2. The minimum absolute atomic E-state index is 0. The minimum atomic E-state index is -3.43. The van der Waals surface area contributed by atoms with Crippen LogP contribution in [0.4, 0.5) is 17.6 Å². The van der Waals surface area contributed by atoms with Crippen molar-refractivity contribution in [2.45, 2.75) is 217 Å². The molecule has 4 saturated heterocycles. The topological polar surface area (TPSA) is 227 Å². The number of hydrogen-bond donors (Lipinski definition) is 2. The van der Waals surface area contributed by atoms with Crippen molar-refractivity contribution in [1.29, 1.82) is 0 Å². The van der Waals surface area contributed by atoms with Gasteiger partial charge in [-0.1, -0.05) is 177 Å². The van der Waals surface area contributed by atoms with Gasteiger partial charge in [0.2, 0.25) is 5.97 Å². The van der Waals surface area contributed by atoms with E-state index in [1.54, 1.807) is 14.7 Å². The summed E-state index contributed by atoms with van der Waals surface area (Å²) in [5.41, 5.74) is -0.494. The molecule has 4 aliphatic heterocycles. The summed E-state index contributed by atoms with van der Waals surface area (Å²) in [7, 11) is -1.34. The first kappa shape index (κ1) is 113. The third kappa shape index (κ3) is 44.3. The Labute approximate surface area is 818 Å². The van der Waals surface area contributed by atoms with Crippen LogP contribution < -0.4 is 61.3 Å². The van der Waals surface area contributed by atoms with Crippen LogP contribution in [-0.2, 0) is 81.1 Å². The number of esters is 2. The summed E-state index contributed by atoms with van der Waals surface area (Å²) < 4.78 is 95.7. The SMILES string of the molecule is C.C1CCSCC1.CC(F)(F)C(=O)OCC12CC3CC(CC(O)(C3)C1)C2.Cc1ccccc1.I.O=C(OCC12CC3CC(CC(O)(C3)C1)C2)[C-](F)F.O=S(=O)=O.[Na+].[O-]OOSc1ccccc1.[O-]OOSc1ccccc1.c1ccc([I+]c2ccccc2)cc1.c1ccc([S+]2CCCCC2)cc1.c1ccc([S+]2CCCCC2)cc1.c1ccc([S+]2CCCCC2)cc1. The van der Waals surface area contributed by atoms with Crippen LogP contribution in [0.1, 0.15) is 174 Å². The first-order chi connectivity index (χ1) is 59.4. The van der Waals surface area contributed by atoms with Gasteiger partial charge in [0.15, 0.2) is 21.8 Å². The second-order valence-electron chi connectivity index (χ2n) is 32.8. The molecule has 8 aromatic carbocycles. The van der Waals surface area contributed by atoms with Gasteiger partial charge >= 0.3 is 73.3 Å². The Bertz CT molecular complexity index is 4030. The summed E-state index contributed by atoms with van der Waals surface area (Å²) in [6.07, 6.45) is 25.4. The fraction of sp³-hybridized carbons (Fsp3) is 0.474. The van der Waals surface area contributed by atoms with Crippen LogP contribution in [-0.4, -0.2) is 111 Å². The van der Waals surface area contributed by atoms with E-state index < -0.39 is 46.1 Å². The van der Waals surface area contributed by atoms with Crippen LogP contribution in [0.5, 0.6) is 0 Å². The number of thioether (sulfide) groups is 1. The molecule has 126 heavy (non-hydrogen) atoms. The predicted molar refractivity (Wildman–Crippen MR) is 503 cm³/mol. The van der Waals surface area contributed by atoms with Gasteiger partial charge in [-0.05, 0) is 275 Å². The number of alkyl halides is 2. The third-order valence-corrected chi connectivity index (χ3v) is 34.9. The maximum absolute atomic E-state index is 12.8. The molecule has 2 N–H and O–H groups in total. The molecule has 12 fully saturated rings. The molecule has 15 nitrogen and oxygen atoms in total. The average molecular weight is 2110 g/mol. The largest absolute Gasteiger partial charge is 1.00 e. The number of halogens is 6. The molecule has 4 atom stereocenters. The van der Waals surface area contributed by atoms with Gasteiger partial charge in [-0.15, -0.1) is 36.6 Å². The van der Waals surface area contributed by atoms with E-state index in [2.05, 4.69) is 201 Å². The van der Waals surface area contributed by atoms with Crippen LogP contribution in [0.15, 0.2) is 267 Å². The molecule has 8 bridgehead atoms. The fourth-order valence-corrected chi connectivity index (χ4v) is 29.2. The third-order valence-electron chi connectivity index (χ3n) is 22.4. The van der Waals surface area contributed by atoms with E-state index in [4.69, 9.17) is 22.1 Å². The predicted octanol–water partition coefficient (Wildman–Crippen LogP) is 16.2. The van der Waals surface area contributed by atoms with Gasteiger partial charge < -0.3 is 39.0 Å². The molecule has 0 amide bonds. The Morgan fingerprint density at radius 1 is 0.468 bits per heavy atom. The van der Waals surface area contributed by atoms with E-state index in [0.29, 0.717) is 76.1 Å². The van der Waals surface area contributed by atoms with E-state index in [9.17, 15) is 47.9 Å². The van der Waals surface area contributed by atoms with E-state index in [0.717, 1.165) is 98.1 Å². The van der Waals surface area contributed by atoms with E-state index in [1.807, 2.05) is 78.9 Å². The summed E-state index contributed by atoms with van der Waals surface area (Å²) >= 11 is 3.89. The summed E-state index contributed by atoms with van der Waals surface area (Å²) in [6.45, 7) is 2.70. The van der Waals surface area contributed by atoms with Crippen LogP contribution in [0.3, 0.4) is 0 Å². The average Bonchev–Trinajstić information content (AvgIpc) is 0.736. The molecular weight excluding hydrogens is 1980 g/mol. The number of ether oxygens (including phenoxy) is 2. The fourth-order valence-electron chi connectivity index (χ4n) is 18.2. The smallest absolute Gasteiger partial charge is 0.691 e. The van der Waals surface area contributed by atoms with Gasteiger partial charge in [0.25, 0.3) is 0 Å². The molecular formula is C97H125F4I2NaO15S7+2. The zero-order chi connectivity index (χ0) is 87.9. The van der Waals surface area contributed by atoms with Crippen molar-refractivity contribution in [3.8, 4) is 0 Å². The summed E-state index contributed by atoms with van der Waals surface area (Å²) in [6, 6.07) is 83.1. The number of benzene rings is 8. The van der Waals surface area contributed by atoms with Crippen LogP contribution in [0.2, 0.25) is 0 Å². The monoisotopic (exact) mass is 2110 g/mol. The zero-order valence-corrected chi connectivity index (χ0v) is 84.0. The normalized spacial score (nSPS) is 23.0. The first-order valence-corrected chi connectivity index (χ1v) is 52.9. The second kappa shape index (κ2) is 62.6. The zero-order valence-electron chi connectivity index (χ0n) is 71.8. The van der Waals surface area contributed by atoms with Crippen molar-refractivity contribution in [3.63, 3.8) is 0 Å². The molecule has 4 heterocycles. The number of hydrogen-bond acceptors (Lipinski definition) is 18. The maximum atomic E-state index is 12.8. The summed E-state index contributed by atoms with van der Waals surface area (Å²) in [4.78, 5) is 28.5. The Morgan fingerprint density at radius 3 is 0.992 bits per heavy atom. The molecule has 0 spiro atoms.